The molecule has 1 aromatic heterocycles. The van der Waals surface area contributed by atoms with Gasteiger partial charge in [0, 0.05) is 13.1 Å². The monoisotopic (exact) mass is 339 g/mol. The Kier molecular flexibility index (Phi) is 6.90. The zero-order valence-corrected chi connectivity index (χ0v) is 13.2. The molecule has 0 aliphatic carbocycles. The minimum Gasteiger partial charge on any atom is -0.353 e. The minimum absolute atomic E-state index is 0. The molecule has 114 valence electrons. The minimum atomic E-state index is -3.43. The Morgan fingerprint density at radius 3 is 2.85 bits per heavy atom. The second kappa shape index (κ2) is 7.94. The Bertz CT molecular complexity index is 513. The summed E-state index contributed by atoms with van der Waals surface area (Å²) in [6.45, 7) is 1.35. The molecule has 1 saturated heterocycles. The highest BCUT2D eigenvalue weighted by molar-refractivity contribution is 7.91. The highest BCUT2D eigenvalue weighted by atomic mass is 35.5. The van der Waals surface area contributed by atoms with Gasteiger partial charge in [-0.3, -0.25) is 4.79 Å². The lowest BCUT2D eigenvalue weighted by molar-refractivity contribution is -0.122. The molecule has 0 bridgehead atoms. The third-order valence-electron chi connectivity index (χ3n) is 2.85. The Morgan fingerprint density at radius 2 is 2.25 bits per heavy atom. The van der Waals surface area contributed by atoms with Crippen molar-refractivity contribution in [2.75, 3.05) is 19.6 Å². The van der Waals surface area contributed by atoms with Crippen molar-refractivity contribution in [2.24, 2.45) is 0 Å². The zero-order valence-electron chi connectivity index (χ0n) is 10.8. The van der Waals surface area contributed by atoms with Crippen molar-refractivity contribution in [3.63, 3.8) is 0 Å². The Morgan fingerprint density at radius 1 is 1.45 bits per heavy atom. The smallest absolute Gasteiger partial charge is 0.250 e. The van der Waals surface area contributed by atoms with E-state index in [1.807, 2.05) is 0 Å². The van der Waals surface area contributed by atoms with Crippen LogP contribution in [0.4, 0.5) is 0 Å². The van der Waals surface area contributed by atoms with Gasteiger partial charge in [0.25, 0.3) is 0 Å². The molecule has 1 fully saturated rings. The van der Waals surface area contributed by atoms with Gasteiger partial charge >= 0.3 is 0 Å². The van der Waals surface area contributed by atoms with Crippen molar-refractivity contribution in [1.82, 2.24) is 15.4 Å². The van der Waals surface area contributed by atoms with Crippen LogP contribution in [0.25, 0.3) is 0 Å². The maximum atomic E-state index is 11.8. The van der Waals surface area contributed by atoms with E-state index in [1.165, 1.54) is 11.3 Å². The molecule has 0 aromatic carbocycles. The van der Waals surface area contributed by atoms with Crippen LogP contribution < -0.4 is 15.4 Å². The summed E-state index contributed by atoms with van der Waals surface area (Å²) in [5, 5.41) is 7.51. The van der Waals surface area contributed by atoms with E-state index in [-0.39, 0.29) is 35.1 Å². The standard InChI is InChI=1S/C11H17N3O3S2.ClH/c15-11(9-3-1-5-12-9)13-6-7-14-19(16,17)10-4-2-8-18-10;/h2,4,8-9,12,14H,1,3,5-7H2,(H,13,15);1H. The average Bonchev–Trinajstić information content (AvgIpc) is 3.04. The fourth-order valence-corrected chi connectivity index (χ4v) is 3.96. The predicted octanol–water partition coefficient (Wildman–Crippen LogP) is 0.316. The fraction of sp³-hybridized carbons (Fsp3) is 0.545. The quantitative estimate of drug-likeness (QED) is 0.651. The average molecular weight is 340 g/mol. The van der Waals surface area contributed by atoms with Crippen LogP contribution in [0.2, 0.25) is 0 Å². The molecule has 1 aliphatic heterocycles. The molecule has 1 aliphatic rings. The maximum absolute atomic E-state index is 11.8. The Labute approximate surface area is 128 Å². The molecule has 1 unspecified atom stereocenters. The van der Waals surface area contributed by atoms with Crippen molar-refractivity contribution >= 4 is 39.7 Å². The summed E-state index contributed by atoms with van der Waals surface area (Å²) < 4.78 is 26.3. The predicted molar refractivity (Wildman–Crippen MR) is 80.8 cm³/mol. The molecular weight excluding hydrogens is 322 g/mol. The van der Waals surface area contributed by atoms with Crippen LogP contribution in [0.15, 0.2) is 21.7 Å². The largest absolute Gasteiger partial charge is 0.353 e. The Balaban J connectivity index is 0.00000200. The van der Waals surface area contributed by atoms with Crippen molar-refractivity contribution in [3.05, 3.63) is 17.5 Å². The molecule has 0 radical (unpaired) electrons. The van der Waals surface area contributed by atoms with Crippen LogP contribution in [-0.2, 0) is 14.8 Å². The summed E-state index contributed by atoms with van der Waals surface area (Å²) in [6.07, 6.45) is 1.84. The van der Waals surface area contributed by atoms with E-state index in [9.17, 15) is 13.2 Å². The van der Waals surface area contributed by atoms with Crippen LogP contribution >= 0.6 is 23.7 Å². The van der Waals surface area contributed by atoms with Crippen molar-refractivity contribution in [3.8, 4) is 0 Å². The molecule has 0 saturated carbocycles. The number of halogens is 1. The van der Waals surface area contributed by atoms with Crippen LogP contribution in [-0.4, -0.2) is 40.0 Å². The van der Waals surface area contributed by atoms with Gasteiger partial charge in [-0.15, -0.1) is 23.7 Å². The van der Waals surface area contributed by atoms with E-state index in [2.05, 4.69) is 15.4 Å². The van der Waals surface area contributed by atoms with Crippen LogP contribution in [0, 0.1) is 0 Å². The summed E-state index contributed by atoms with van der Waals surface area (Å²) in [4.78, 5) is 11.6. The van der Waals surface area contributed by atoms with Crippen LogP contribution in [0.3, 0.4) is 0 Å². The number of hydrogen-bond donors (Lipinski definition) is 3. The molecule has 1 aromatic rings. The number of hydrogen-bond acceptors (Lipinski definition) is 5. The Hall–Kier alpha value is -0.670. The number of nitrogens with one attached hydrogen (secondary N) is 3. The lowest BCUT2D eigenvalue weighted by atomic mass is 10.2. The first-order chi connectivity index (χ1) is 9.09. The molecule has 1 amide bonds. The number of carbonyl (C=O) groups excluding carboxylic acids is 1. The molecule has 2 rings (SSSR count). The van der Waals surface area contributed by atoms with Gasteiger partial charge in [0.2, 0.25) is 15.9 Å². The van der Waals surface area contributed by atoms with E-state index in [0.717, 1.165) is 19.4 Å². The van der Waals surface area contributed by atoms with Gasteiger partial charge in [0.05, 0.1) is 6.04 Å². The molecular formula is C11H18ClN3O3S2. The lowest BCUT2D eigenvalue weighted by Gasteiger charge is -2.11. The fourth-order valence-electron chi connectivity index (χ4n) is 1.89. The van der Waals surface area contributed by atoms with Gasteiger partial charge in [-0.25, -0.2) is 13.1 Å². The number of rotatable bonds is 6. The number of thiophene rings is 1. The SMILES string of the molecule is Cl.O=C(NCCNS(=O)(=O)c1cccs1)C1CCCN1. The van der Waals surface area contributed by atoms with Crippen molar-refractivity contribution in [1.29, 1.82) is 0 Å². The highest BCUT2D eigenvalue weighted by Crippen LogP contribution is 2.14. The highest BCUT2D eigenvalue weighted by Gasteiger charge is 2.21. The summed E-state index contributed by atoms with van der Waals surface area (Å²) in [7, 11) is -3.43. The topological polar surface area (TPSA) is 87.3 Å². The molecule has 0 spiro atoms. The third kappa shape index (κ3) is 4.71. The number of carbonyl (C=O) groups is 1. The summed E-state index contributed by atoms with van der Waals surface area (Å²) in [6, 6.07) is 3.11. The van der Waals surface area contributed by atoms with E-state index in [1.54, 1.807) is 17.5 Å². The van der Waals surface area contributed by atoms with Crippen molar-refractivity contribution in [2.45, 2.75) is 23.1 Å². The van der Waals surface area contributed by atoms with Crippen molar-refractivity contribution < 1.29 is 13.2 Å². The maximum Gasteiger partial charge on any atom is 0.250 e. The number of sulfonamides is 1. The van der Waals surface area contributed by atoms with Gasteiger partial charge in [0.15, 0.2) is 0 Å². The summed E-state index contributed by atoms with van der Waals surface area (Å²) >= 11 is 1.17. The first kappa shape index (κ1) is 17.4. The molecule has 3 N–H and O–H groups in total. The first-order valence-electron chi connectivity index (χ1n) is 6.14. The molecule has 6 nitrogen and oxygen atoms in total. The summed E-state index contributed by atoms with van der Waals surface area (Å²) in [5.41, 5.74) is 0. The van der Waals surface area contributed by atoms with Crippen LogP contribution in [0.1, 0.15) is 12.8 Å². The molecule has 9 heteroatoms. The van der Waals surface area contributed by atoms with E-state index < -0.39 is 10.0 Å². The van der Waals surface area contributed by atoms with Gasteiger partial charge in [-0.1, -0.05) is 6.07 Å². The van der Waals surface area contributed by atoms with E-state index in [4.69, 9.17) is 0 Å². The van der Waals surface area contributed by atoms with Gasteiger partial charge in [-0.05, 0) is 30.8 Å². The molecule has 1 atom stereocenters. The molecule has 2 heterocycles. The third-order valence-corrected chi connectivity index (χ3v) is 5.71. The second-order valence-electron chi connectivity index (χ2n) is 4.27. The van der Waals surface area contributed by atoms with E-state index >= 15 is 0 Å². The zero-order chi connectivity index (χ0) is 13.7. The van der Waals surface area contributed by atoms with Gasteiger partial charge < -0.3 is 10.6 Å². The second-order valence-corrected chi connectivity index (χ2v) is 7.21. The van der Waals surface area contributed by atoms with Gasteiger partial charge in [-0.2, -0.15) is 0 Å². The van der Waals surface area contributed by atoms with E-state index in [0.29, 0.717) is 6.54 Å². The summed E-state index contributed by atoms with van der Waals surface area (Å²) in [5.74, 6) is -0.0622. The first-order valence-corrected chi connectivity index (χ1v) is 8.50. The number of amides is 1. The normalized spacial score (nSPS) is 18.5. The molecule has 20 heavy (non-hydrogen) atoms. The van der Waals surface area contributed by atoms with Crippen LogP contribution in [0.5, 0.6) is 0 Å². The lowest BCUT2D eigenvalue weighted by Crippen LogP contribution is -2.43. The van der Waals surface area contributed by atoms with Gasteiger partial charge in [0.1, 0.15) is 4.21 Å².